The van der Waals surface area contributed by atoms with E-state index < -0.39 is 0 Å². The number of ether oxygens (including phenoxy) is 1. The molecule has 0 saturated heterocycles. The maximum absolute atomic E-state index is 6.06. The Hall–Kier alpha value is -2.56. The number of anilines is 1. The molecule has 0 spiro atoms. The normalized spacial score (nSPS) is 11.2. The predicted octanol–water partition coefficient (Wildman–Crippen LogP) is 3.07. The summed E-state index contributed by atoms with van der Waals surface area (Å²) in [5, 5.41) is 8.45. The third-order valence-electron chi connectivity index (χ3n) is 3.20. The lowest BCUT2D eigenvalue weighted by Gasteiger charge is -2.12. The van der Waals surface area contributed by atoms with Crippen LogP contribution in [0.15, 0.2) is 36.5 Å². The van der Waals surface area contributed by atoms with Crippen LogP contribution < -0.4 is 10.5 Å². The number of nitrogens with zero attached hydrogens (tertiary/aromatic N) is 3. The van der Waals surface area contributed by atoms with Gasteiger partial charge in [0.05, 0.1) is 11.8 Å². The molecule has 0 amide bonds. The molecule has 0 aliphatic carbocycles. The van der Waals surface area contributed by atoms with Crippen LogP contribution in [-0.2, 0) is 0 Å². The molecule has 0 unspecified atom stereocenters. The van der Waals surface area contributed by atoms with Crippen molar-refractivity contribution in [3.05, 3.63) is 42.1 Å². The van der Waals surface area contributed by atoms with Crippen LogP contribution >= 0.6 is 0 Å². The Morgan fingerprint density at radius 1 is 1.14 bits per heavy atom. The van der Waals surface area contributed by atoms with Gasteiger partial charge in [0.1, 0.15) is 5.75 Å². The zero-order valence-electron chi connectivity index (χ0n) is 12.4. The van der Waals surface area contributed by atoms with Gasteiger partial charge in [0.25, 0.3) is 0 Å². The van der Waals surface area contributed by atoms with E-state index in [2.05, 4.69) is 10.2 Å². The second-order valence-electron chi connectivity index (χ2n) is 5.38. The first kappa shape index (κ1) is 13.4. The fourth-order valence-electron chi connectivity index (χ4n) is 2.24. The molecule has 2 heterocycles. The molecule has 0 radical (unpaired) electrons. The molecular weight excluding hydrogens is 264 g/mol. The first-order valence-electron chi connectivity index (χ1n) is 6.92. The minimum absolute atomic E-state index is 0.0926. The Morgan fingerprint density at radius 3 is 2.67 bits per heavy atom. The molecule has 5 nitrogen and oxygen atoms in total. The predicted molar refractivity (Wildman–Crippen MR) is 83.3 cm³/mol. The lowest BCUT2D eigenvalue weighted by molar-refractivity contribution is 0.244. The first-order chi connectivity index (χ1) is 10.0. The van der Waals surface area contributed by atoms with E-state index in [1.807, 2.05) is 61.7 Å². The highest BCUT2D eigenvalue weighted by Gasteiger charge is 2.11. The third kappa shape index (κ3) is 2.54. The highest BCUT2D eigenvalue weighted by molar-refractivity contribution is 5.68. The van der Waals surface area contributed by atoms with Gasteiger partial charge in [0, 0.05) is 11.8 Å². The van der Waals surface area contributed by atoms with Crippen LogP contribution in [0.5, 0.6) is 5.75 Å². The van der Waals surface area contributed by atoms with E-state index in [9.17, 15) is 0 Å². The van der Waals surface area contributed by atoms with E-state index in [1.165, 1.54) is 0 Å². The van der Waals surface area contributed by atoms with Gasteiger partial charge >= 0.3 is 0 Å². The molecule has 21 heavy (non-hydrogen) atoms. The summed E-state index contributed by atoms with van der Waals surface area (Å²) in [5.74, 6) is 1.46. The Balaban J connectivity index is 2.05. The van der Waals surface area contributed by atoms with E-state index in [0.29, 0.717) is 11.4 Å². The van der Waals surface area contributed by atoms with Crippen molar-refractivity contribution in [3.8, 4) is 17.1 Å². The Kier molecular flexibility index (Phi) is 3.25. The smallest absolute Gasteiger partial charge is 0.168 e. The number of rotatable bonds is 3. The molecule has 1 aromatic carbocycles. The van der Waals surface area contributed by atoms with Crippen LogP contribution in [0.3, 0.4) is 0 Å². The highest BCUT2D eigenvalue weighted by Crippen LogP contribution is 2.28. The van der Waals surface area contributed by atoms with Gasteiger partial charge in [-0.05, 0) is 56.7 Å². The van der Waals surface area contributed by atoms with Gasteiger partial charge in [0.2, 0.25) is 0 Å². The summed E-state index contributed by atoms with van der Waals surface area (Å²) in [6.07, 6.45) is 2.06. The molecule has 3 rings (SSSR count). The van der Waals surface area contributed by atoms with Crippen LogP contribution in [0, 0.1) is 6.92 Å². The van der Waals surface area contributed by atoms with Crippen LogP contribution in [0.25, 0.3) is 17.0 Å². The summed E-state index contributed by atoms with van der Waals surface area (Å²) < 4.78 is 7.60. The summed E-state index contributed by atoms with van der Waals surface area (Å²) in [6.45, 7) is 5.98. The summed E-state index contributed by atoms with van der Waals surface area (Å²) in [4.78, 5) is 0. The van der Waals surface area contributed by atoms with Crippen molar-refractivity contribution in [2.75, 3.05) is 5.73 Å². The van der Waals surface area contributed by atoms with Crippen molar-refractivity contribution >= 4 is 11.3 Å². The van der Waals surface area contributed by atoms with Crippen LogP contribution in [0.4, 0.5) is 5.69 Å². The van der Waals surface area contributed by atoms with Gasteiger partial charge in [-0.15, -0.1) is 10.2 Å². The first-order valence-corrected chi connectivity index (χ1v) is 6.92. The number of hydrogen-bond acceptors (Lipinski definition) is 4. The molecule has 0 fully saturated rings. The van der Waals surface area contributed by atoms with Gasteiger partial charge < -0.3 is 10.5 Å². The fraction of sp³-hybridized carbons (Fsp3) is 0.250. The second kappa shape index (κ2) is 5.09. The lowest BCUT2D eigenvalue weighted by atomic mass is 10.1. The SMILES string of the molecule is Cc1ccn2c(-c3ccc(OC(C)C)c(N)c3)nnc2c1. The largest absolute Gasteiger partial charge is 0.489 e. The minimum Gasteiger partial charge on any atom is -0.489 e. The molecule has 0 saturated carbocycles. The monoisotopic (exact) mass is 282 g/mol. The molecule has 0 aliphatic heterocycles. The van der Waals surface area contributed by atoms with Crippen molar-refractivity contribution < 1.29 is 4.74 Å². The van der Waals surface area contributed by atoms with E-state index in [1.54, 1.807) is 0 Å². The van der Waals surface area contributed by atoms with E-state index in [0.717, 1.165) is 22.6 Å². The number of pyridine rings is 1. The highest BCUT2D eigenvalue weighted by atomic mass is 16.5. The number of nitrogens with two attached hydrogens (primary N) is 1. The van der Waals surface area contributed by atoms with Crippen LogP contribution in [0.2, 0.25) is 0 Å². The molecule has 5 heteroatoms. The molecule has 2 aromatic heterocycles. The van der Waals surface area contributed by atoms with Crippen molar-refractivity contribution in [2.45, 2.75) is 26.9 Å². The Labute approximate surface area is 123 Å². The van der Waals surface area contributed by atoms with Crippen molar-refractivity contribution in [2.24, 2.45) is 0 Å². The maximum Gasteiger partial charge on any atom is 0.168 e. The van der Waals surface area contributed by atoms with Crippen LogP contribution in [-0.4, -0.2) is 20.7 Å². The minimum atomic E-state index is 0.0926. The number of benzene rings is 1. The van der Waals surface area contributed by atoms with Gasteiger partial charge in [-0.3, -0.25) is 4.40 Å². The van der Waals surface area contributed by atoms with Crippen molar-refractivity contribution in [1.82, 2.24) is 14.6 Å². The van der Waals surface area contributed by atoms with E-state index >= 15 is 0 Å². The molecule has 0 atom stereocenters. The topological polar surface area (TPSA) is 65.4 Å². The van der Waals surface area contributed by atoms with Crippen molar-refractivity contribution in [3.63, 3.8) is 0 Å². The summed E-state index contributed by atoms with van der Waals surface area (Å²) in [5.41, 5.74) is 9.56. The molecular formula is C16H18N4O. The van der Waals surface area contributed by atoms with E-state index in [-0.39, 0.29) is 6.10 Å². The second-order valence-corrected chi connectivity index (χ2v) is 5.38. The number of fused-ring (bicyclic) bond motifs is 1. The number of nitrogen functional groups attached to an aromatic ring is 1. The fourth-order valence-corrected chi connectivity index (χ4v) is 2.24. The quantitative estimate of drug-likeness (QED) is 0.750. The van der Waals surface area contributed by atoms with Crippen LogP contribution in [0.1, 0.15) is 19.4 Å². The molecule has 0 aliphatic rings. The zero-order chi connectivity index (χ0) is 15.0. The average Bonchev–Trinajstić information content (AvgIpc) is 2.83. The zero-order valence-corrected chi connectivity index (χ0v) is 12.4. The molecule has 0 bridgehead atoms. The third-order valence-corrected chi connectivity index (χ3v) is 3.20. The molecule has 3 aromatic rings. The van der Waals surface area contributed by atoms with Crippen molar-refractivity contribution in [1.29, 1.82) is 0 Å². The lowest BCUT2D eigenvalue weighted by Crippen LogP contribution is -2.07. The van der Waals surface area contributed by atoms with Gasteiger partial charge in [-0.2, -0.15) is 0 Å². The maximum atomic E-state index is 6.06. The number of aryl methyl sites for hydroxylation is 1. The molecule has 2 N–H and O–H groups in total. The van der Waals surface area contributed by atoms with Gasteiger partial charge in [-0.1, -0.05) is 0 Å². The molecule has 108 valence electrons. The number of aromatic nitrogens is 3. The Bertz CT molecular complexity index is 792. The Morgan fingerprint density at radius 2 is 1.95 bits per heavy atom. The van der Waals surface area contributed by atoms with Gasteiger partial charge in [-0.25, -0.2) is 0 Å². The number of hydrogen-bond donors (Lipinski definition) is 1. The summed E-state index contributed by atoms with van der Waals surface area (Å²) in [6, 6.07) is 9.72. The standard InChI is InChI=1S/C16H18N4O/c1-10(2)21-14-5-4-12(9-13(14)17)16-19-18-15-8-11(3)6-7-20(15)16/h4-10H,17H2,1-3H3. The average molecular weight is 282 g/mol. The van der Waals surface area contributed by atoms with E-state index in [4.69, 9.17) is 10.5 Å². The van der Waals surface area contributed by atoms with Gasteiger partial charge in [0.15, 0.2) is 11.5 Å². The summed E-state index contributed by atoms with van der Waals surface area (Å²) in [7, 11) is 0. The summed E-state index contributed by atoms with van der Waals surface area (Å²) >= 11 is 0.